The van der Waals surface area contributed by atoms with E-state index < -0.39 is 6.09 Å². The second kappa shape index (κ2) is 5.56. The van der Waals surface area contributed by atoms with Crippen molar-refractivity contribution in [2.45, 2.75) is 56.4 Å². The van der Waals surface area contributed by atoms with Crippen molar-refractivity contribution >= 4 is 38.9 Å². The van der Waals surface area contributed by atoms with Gasteiger partial charge in [0, 0.05) is 15.4 Å². The van der Waals surface area contributed by atoms with Gasteiger partial charge in [-0.3, -0.25) is 4.79 Å². The summed E-state index contributed by atoms with van der Waals surface area (Å²) in [6.07, 6.45) is 3.96. The van der Waals surface area contributed by atoms with Gasteiger partial charge in [0.2, 0.25) is 5.89 Å². The number of ketones is 1. The quantitative estimate of drug-likeness (QED) is 0.736. The van der Waals surface area contributed by atoms with E-state index in [1.165, 1.54) is 6.92 Å². The minimum absolute atomic E-state index is 0.0523. The number of hydrogen-bond donors (Lipinski definition) is 2. The van der Waals surface area contributed by atoms with Crippen molar-refractivity contribution in [3.05, 3.63) is 28.1 Å². The lowest BCUT2D eigenvalue weighted by Crippen LogP contribution is -2.57. The van der Waals surface area contributed by atoms with Gasteiger partial charge in [-0.25, -0.2) is 9.78 Å². The molecule has 132 valence electrons. The number of amides is 1. The lowest BCUT2D eigenvalue weighted by Gasteiger charge is -2.51. The average Bonchev–Trinajstić information content (AvgIpc) is 2.99. The third-order valence-electron chi connectivity index (χ3n) is 5.91. The highest BCUT2D eigenvalue weighted by molar-refractivity contribution is 9.10. The SMILES string of the molecule is CC(=O)c1cc(Br)cc2nc(C34CCC(NC(=O)O)(CC3)CC4)oc12. The van der Waals surface area contributed by atoms with Crippen LogP contribution < -0.4 is 5.32 Å². The molecule has 6 nitrogen and oxygen atoms in total. The summed E-state index contributed by atoms with van der Waals surface area (Å²) < 4.78 is 6.90. The van der Waals surface area contributed by atoms with Gasteiger partial charge in [0.1, 0.15) is 5.52 Å². The summed E-state index contributed by atoms with van der Waals surface area (Å²) in [6, 6.07) is 3.63. The third kappa shape index (κ3) is 2.65. The molecule has 1 aromatic carbocycles. The number of Topliss-reactive ketones (excluding diaryl/α,β-unsaturated/α-hetero) is 1. The first-order chi connectivity index (χ1) is 11.8. The van der Waals surface area contributed by atoms with Crippen molar-refractivity contribution in [2.24, 2.45) is 0 Å². The maximum absolute atomic E-state index is 11.9. The van der Waals surface area contributed by atoms with E-state index in [2.05, 4.69) is 21.2 Å². The number of carbonyl (C=O) groups is 2. The molecule has 25 heavy (non-hydrogen) atoms. The van der Waals surface area contributed by atoms with E-state index in [4.69, 9.17) is 14.5 Å². The monoisotopic (exact) mass is 406 g/mol. The van der Waals surface area contributed by atoms with Crippen LogP contribution in [0, 0.1) is 0 Å². The number of rotatable bonds is 3. The fraction of sp³-hybridized carbons (Fsp3) is 0.500. The van der Waals surface area contributed by atoms with Crippen molar-refractivity contribution in [1.82, 2.24) is 10.3 Å². The van der Waals surface area contributed by atoms with Crippen LogP contribution in [0.5, 0.6) is 0 Å². The molecule has 1 aromatic heterocycles. The van der Waals surface area contributed by atoms with Crippen LogP contribution in [0.3, 0.4) is 0 Å². The van der Waals surface area contributed by atoms with Gasteiger partial charge in [0.15, 0.2) is 11.4 Å². The molecule has 5 rings (SSSR count). The molecule has 2 aromatic rings. The second-order valence-electron chi connectivity index (χ2n) is 7.37. The van der Waals surface area contributed by atoms with Crippen LogP contribution in [0.2, 0.25) is 0 Å². The van der Waals surface area contributed by atoms with Gasteiger partial charge in [0.25, 0.3) is 0 Å². The number of nitrogens with zero attached hydrogens (tertiary/aromatic N) is 1. The standard InChI is InChI=1S/C18H19BrN2O4/c1-10(22)12-8-11(19)9-13-14(12)25-15(20-13)17-2-5-18(6-3-17,7-4-17)21-16(23)24/h8-9,21H,2-7H2,1H3,(H,23,24). The largest absolute Gasteiger partial charge is 0.465 e. The Morgan fingerprint density at radius 3 is 2.40 bits per heavy atom. The Morgan fingerprint density at radius 1 is 1.20 bits per heavy atom. The fourth-order valence-corrected chi connectivity index (χ4v) is 4.85. The van der Waals surface area contributed by atoms with Crippen LogP contribution in [-0.4, -0.2) is 27.5 Å². The molecule has 3 fully saturated rings. The molecule has 1 amide bonds. The molecule has 3 aliphatic rings. The summed E-state index contributed by atoms with van der Waals surface area (Å²) in [5, 5.41) is 11.8. The molecule has 3 aliphatic carbocycles. The van der Waals surface area contributed by atoms with Crippen LogP contribution in [-0.2, 0) is 5.41 Å². The van der Waals surface area contributed by atoms with Crippen LogP contribution >= 0.6 is 15.9 Å². The van der Waals surface area contributed by atoms with E-state index in [0.717, 1.165) is 43.0 Å². The molecule has 0 unspecified atom stereocenters. The van der Waals surface area contributed by atoms with Gasteiger partial charge < -0.3 is 14.8 Å². The van der Waals surface area contributed by atoms with E-state index in [1.54, 1.807) is 6.07 Å². The summed E-state index contributed by atoms with van der Waals surface area (Å²) in [5.41, 5.74) is 1.32. The van der Waals surface area contributed by atoms with Crippen LogP contribution in [0.15, 0.2) is 21.0 Å². The summed E-state index contributed by atoms with van der Waals surface area (Å²) in [4.78, 5) is 27.7. The third-order valence-corrected chi connectivity index (χ3v) is 6.36. The number of carboxylic acid groups (broad SMARTS) is 1. The molecule has 0 atom stereocenters. The van der Waals surface area contributed by atoms with Gasteiger partial charge in [-0.05, 0) is 57.6 Å². The Bertz CT molecular complexity index is 864. The highest BCUT2D eigenvalue weighted by atomic mass is 79.9. The second-order valence-corrected chi connectivity index (χ2v) is 8.28. The van der Waals surface area contributed by atoms with Gasteiger partial charge in [-0.1, -0.05) is 15.9 Å². The topological polar surface area (TPSA) is 92.4 Å². The zero-order chi connectivity index (χ0) is 17.8. The summed E-state index contributed by atoms with van der Waals surface area (Å²) in [5.74, 6) is 0.634. The minimum atomic E-state index is -0.952. The zero-order valence-corrected chi connectivity index (χ0v) is 15.5. The lowest BCUT2D eigenvalue weighted by atomic mass is 9.57. The maximum atomic E-state index is 11.9. The van der Waals surface area contributed by atoms with Crippen molar-refractivity contribution in [3.8, 4) is 0 Å². The van der Waals surface area contributed by atoms with Crippen LogP contribution in [0.25, 0.3) is 11.1 Å². The van der Waals surface area contributed by atoms with Crippen molar-refractivity contribution in [3.63, 3.8) is 0 Å². The smallest absolute Gasteiger partial charge is 0.405 e. The summed E-state index contributed by atoms with van der Waals surface area (Å²) in [7, 11) is 0. The van der Waals surface area contributed by atoms with Crippen molar-refractivity contribution < 1.29 is 19.1 Å². The van der Waals surface area contributed by atoms with Crippen LogP contribution in [0.1, 0.15) is 61.7 Å². The first-order valence-electron chi connectivity index (χ1n) is 8.45. The first kappa shape index (κ1) is 16.6. The average molecular weight is 407 g/mol. The molecular weight excluding hydrogens is 388 g/mol. The zero-order valence-electron chi connectivity index (χ0n) is 13.9. The summed E-state index contributed by atoms with van der Waals surface area (Å²) in [6.45, 7) is 1.52. The van der Waals surface area contributed by atoms with E-state index in [1.807, 2.05) is 6.07 Å². The number of fused-ring (bicyclic) bond motifs is 4. The Morgan fingerprint density at radius 2 is 1.84 bits per heavy atom. The van der Waals surface area contributed by atoms with Crippen LogP contribution in [0.4, 0.5) is 4.79 Å². The summed E-state index contributed by atoms with van der Waals surface area (Å²) >= 11 is 3.43. The van der Waals surface area contributed by atoms with Crippen molar-refractivity contribution in [1.29, 1.82) is 0 Å². The van der Waals surface area contributed by atoms with Gasteiger partial charge in [0.05, 0.1) is 5.56 Å². The predicted molar refractivity (Wildman–Crippen MR) is 95.0 cm³/mol. The van der Waals surface area contributed by atoms with Gasteiger partial charge in [-0.2, -0.15) is 0 Å². The number of hydrogen-bond acceptors (Lipinski definition) is 4. The number of carbonyl (C=O) groups excluding carboxylic acids is 1. The Hall–Kier alpha value is -1.89. The lowest BCUT2D eigenvalue weighted by molar-refractivity contribution is 0.0607. The van der Waals surface area contributed by atoms with E-state index in [9.17, 15) is 9.59 Å². The molecule has 0 spiro atoms. The number of benzene rings is 1. The highest BCUT2D eigenvalue weighted by Crippen LogP contribution is 2.53. The molecule has 3 saturated carbocycles. The number of halogens is 1. The molecule has 7 heteroatoms. The van der Waals surface area contributed by atoms with E-state index >= 15 is 0 Å². The van der Waals surface area contributed by atoms with E-state index in [-0.39, 0.29) is 16.7 Å². The Kier molecular flexibility index (Phi) is 3.68. The number of aromatic nitrogens is 1. The molecular formula is C18H19BrN2O4. The molecule has 0 saturated heterocycles. The first-order valence-corrected chi connectivity index (χ1v) is 9.25. The number of oxazole rings is 1. The predicted octanol–water partition coefficient (Wildman–Crippen LogP) is 4.40. The van der Waals surface area contributed by atoms with E-state index in [0.29, 0.717) is 22.6 Å². The normalized spacial score (nSPS) is 28.2. The molecule has 0 radical (unpaired) electrons. The molecule has 0 aliphatic heterocycles. The molecule has 2 bridgehead atoms. The van der Waals surface area contributed by atoms with Crippen molar-refractivity contribution in [2.75, 3.05) is 0 Å². The van der Waals surface area contributed by atoms with Gasteiger partial charge >= 0.3 is 6.09 Å². The Balaban J connectivity index is 1.71. The Labute approximate surface area is 153 Å². The highest BCUT2D eigenvalue weighted by Gasteiger charge is 2.52. The fourth-order valence-electron chi connectivity index (χ4n) is 4.41. The minimum Gasteiger partial charge on any atom is -0.465 e. The number of nitrogens with one attached hydrogen (secondary N) is 1. The van der Waals surface area contributed by atoms with Gasteiger partial charge in [-0.15, -0.1) is 0 Å². The maximum Gasteiger partial charge on any atom is 0.405 e. The molecule has 1 heterocycles. The molecule has 2 N–H and O–H groups in total.